The molecule has 0 atom stereocenters. The Bertz CT molecular complexity index is 1140. The minimum absolute atomic E-state index is 0. The molecule has 252 valence electrons. The molecular formula is C22H27N7O13Y6-6. The van der Waals surface area contributed by atoms with E-state index in [2.05, 4.69) is 16.0 Å². The number of β-lactam (4-membered cyclic amide) rings is 12. The first-order valence-electron chi connectivity index (χ1n) is 9.47. The average molecular weight is 1130 g/mol. The van der Waals surface area contributed by atoms with Crippen molar-refractivity contribution in [3.05, 3.63) is 38.2 Å². The van der Waals surface area contributed by atoms with Gasteiger partial charge in [0.15, 0.2) is 0 Å². The molecule has 0 aromatic rings. The summed E-state index contributed by atoms with van der Waals surface area (Å²) in [5, 5.41) is 8.66. The Labute approximate surface area is 426 Å². The molecular weight excluding hydrogens is 1100 g/mol. The predicted molar refractivity (Wildman–Crippen MR) is 135 cm³/mol. The van der Waals surface area contributed by atoms with Gasteiger partial charge < -0.3 is 78.6 Å². The molecule has 20 nitrogen and oxygen atoms in total. The largest absolute Gasteiger partial charge is 0.592 e. The van der Waals surface area contributed by atoms with Crippen molar-refractivity contribution in [2.45, 2.75) is 7.43 Å². The standard InChI is InChI=1S/3C6H4N2O4.CH4.3CH3.H3N.H2O.6Y/c3*1-8-4(11)6(5(8)12)2(9)7-3(6)10;;;;;;;;;;;;/h3*1H3,(H,7,9,10);1H4;4*1H3;1H2;;;;;;/q;;;;3*-1;;;;;;;;/p-3. The molecule has 5 N–H and O–H groups in total. The fourth-order valence-corrected chi connectivity index (χ4v) is 3.89. The first-order valence-corrected chi connectivity index (χ1v) is 9.47. The second kappa shape index (κ2) is 23.9. The molecule has 0 saturated carbocycles. The fraction of sp³-hybridized carbons (Fsp3) is 0.318. The number of hydrogen-bond acceptors (Lipinski definition) is 13. The Morgan fingerprint density at radius 2 is 0.479 bits per heavy atom. The SMILES string of the molecule is C.CN1C(=O)C2(C(=O)[N-]C2=O)C1=O.CN1C(=O)C2(C(=O)[N-]C2=O)C1=O.CN1C(=O)C2(C(=O)[N-]C2=O)C1=O.N.O.[CH3-].[CH3-].[CH3-].[Y].[Y].[Y].[Y].[Y].[Y]. The quantitative estimate of drug-likeness (QED) is 0.140. The van der Waals surface area contributed by atoms with E-state index < -0.39 is 87.1 Å². The Balaban J connectivity index is -0.0000000604. The van der Waals surface area contributed by atoms with E-state index in [9.17, 15) is 57.5 Å². The van der Waals surface area contributed by atoms with Crippen LogP contribution in [0.2, 0.25) is 0 Å². The predicted octanol–water partition coefficient (Wildman–Crippen LogP) is -3.46. The molecule has 6 aliphatic rings. The van der Waals surface area contributed by atoms with Crippen LogP contribution in [-0.4, -0.2) is 112 Å². The van der Waals surface area contributed by atoms with Gasteiger partial charge >= 0.3 is 0 Å². The summed E-state index contributed by atoms with van der Waals surface area (Å²) in [4.78, 5) is 133. The maximum absolute atomic E-state index is 11.0. The number of carbonyl (C=O) groups is 12. The van der Waals surface area contributed by atoms with Gasteiger partial charge in [-0.15, -0.1) is 0 Å². The number of amides is 12. The molecule has 6 aliphatic heterocycles. The van der Waals surface area contributed by atoms with E-state index in [1.54, 1.807) is 0 Å². The third-order valence-corrected chi connectivity index (χ3v) is 6.29. The van der Waals surface area contributed by atoms with Gasteiger partial charge in [0.1, 0.15) is 0 Å². The van der Waals surface area contributed by atoms with E-state index in [0.717, 1.165) is 14.7 Å². The summed E-state index contributed by atoms with van der Waals surface area (Å²) < 4.78 is 0. The maximum Gasteiger partial charge on any atom is 0.256 e. The van der Waals surface area contributed by atoms with Crippen LogP contribution in [0.1, 0.15) is 7.43 Å². The van der Waals surface area contributed by atoms with Gasteiger partial charge in [0, 0.05) is 217 Å². The molecule has 48 heavy (non-hydrogen) atoms. The molecule has 12 amide bonds. The van der Waals surface area contributed by atoms with E-state index in [0.29, 0.717) is 0 Å². The smallest absolute Gasteiger partial charge is 0.256 e. The summed E-state index contributed by atoms with van der Waals surface area (Å²) in [6.45, 7) is 0. The number of likely N-dealkylation sites (tertiary alicyclic amines) is 3. The van der Waals surface area contributed by atoms with Crippen LogP contribution in [0.25, 0.3) is 16.0 Å². The number of imide groups is 6. The van der Waals surface area contributed by atoms with Crippen molar-refractivity contribution in [1.29, 1.82) is 0 Å². The molecule has 6 rings (SSSR count). The Kier molecular flexibility index (Phi) is 35.3. The molecule has 6 saturated heterocycles. The van der Waals surface area contributed by atoms with E-state index in [1.807, 2.05) is 0 Å². The summed E-state index contributed by atoms with van der Waals surface area (Å²) in [5.74, 6) is -10.2. The summed E-state index contributed by atoms with van der Waals surface area (Å²) in [6.07, 6.45) is 0. The zero-order valence-corrected chi connectivity index (χ0v) is 42.8. The van der Waals surface area contributed by atoms with Crippen molar-refractivity contribution >= 4 is 70.9 Å². The van der Waals surface area contributed by atoms with Crippen LogP contribution in [0.5, 0.6) is 0 Å². The van der Waals surface area contributed by atoms with Crippen LogP contribution in [-0.2, 0) is 254 Å². The minimum Gasteiger partial charge on any atom is -0.592 e. The number of nitrogens with zero attached hydrogens (tertiary/aromatic N) is 6. The van der Waals surface area contributed by atoms with Gasteiger partial charge in [0.25, 0.3) is 35.4 Å². The van der Waals surface area contributed by atoms with Gasteiger partial charge in [0.2, 0.25) is 16.2 Å². The molecule has 6 radical (unpaired) electrons. The van der Waals surface area contributed by atoms with Gasteiger partial charge in [-0.05, 0) is 0 Å². The maximum atomic E-state index is 11.0. The zero-order valence-electron chi connectivity index (χ0n) is 25.8. The van der Waals surface area contributed by atoms with E-state index >= 15 is 0 Å². The summed E-state index contributed by atoms with van der Waals surface area (Å²) in [5.41, 5.74) is -6.14. The molecule has 26 heteroatoms. The fourth-order valence-electron chi connectivity index (χ4n) is 3.89. The third kappa shape index (κ3) is 8.52. The van der Waals surface area contributed by atoms with Gasteiger partial charge in [-0.1, -0.05) is 7.43 Å². The topological polar surface area (TPSA) is 323 Å². The van der Waals surface area contributed by atoms with Crippen molar-refractivity contribution in [3.8, 4) is 0 Å². The van der Waals surface area contributed by atoms with Crippen molar-refractivity contribution < 1.29 is 259 Å². The second-order valence-electron chi connectivity index (χ2n) is 7.92. The normalized spacial score (nSPS) is 18.9. The second-order valence-corrected chi connectivity index (χ2v) is 7.92. The Morgan fingerprint density at radius 3 is 0.542 bits per heavy atom. The summed E-state index contributed by atoms with van der Waals surface area (Å²) in [6, 6.07) is 0. The summed E-state index contributed by atoms with van der Waals surface area (Å²) >= 11 is 0. The van der Waals surface area contributed by atoms with Crippen molar-refractivity contribution in [2.75, 3.05) is 21.1 Å². The van der Waals surface area contributed by atoms with E-state index in [1.165, 1.54) is 21.1 Å². The number of rotatable bonds is 0. The van der Waals surface area contributed by atoms with Gasteiger partial charge in [0.05, 0.1) is 35.4 Å². The van der Waals surface area contributed by atoms with Crippen molar-refractivity contribution in [1.82, 2.24) is 20.9 Å². The number of hydrogen-bond donors (Lipinski definition) is 1. The van der Waals surface area contributed by atoms with Crippen LogP contribution in [0, 0.1) is 38.5 Å². The molecule has 6 fully saturated rings. The molecule has 0 aliphatic carbocycles. The average Bonchev–Trinajstić information content (AvgIpc) is 2.84. The molecule has 0 unspecified atom stereocenters. The molecule has 0 bridgehead atoms. The molecule has 3 spiro atoms. The zero-order chi connectivity index (χ0) is 27.3. The van der Waals surface area contributed by atoms with Crippen LogP contribution >= 0.6 is 0 Å². The molecule has 0 aromatic carbocycles. The van der Waals surface area contributed by atoms with E-state index in [4.69, 9.17) is 0 Å². The van der Waals surface area contributed by atoms with Gasteiger partial charge in [-0.25, -0.2) is 0 Å². The van der Waals surface area contributed by atoms with Crippen LogP contribution in [0.3, 0.4) is 0 Å². The van der Waals surface area contributed by atoms with Crippen LogP contribution in [0.15, 0.2) is 0 Å². The molecule has 6 heterocycles. The van der Waals surface area contributed by atoms with E-state index in [-0.39, 0.29) is 238 Å². The van der Waals surface area contributed by atoms with Crippen LogP contribution < -0.4 is 6.15 Å². The van der Waals surface area contributed by atoms with Gasteiger partial charge in [-0.3, -0.25) is 43.5 Å². The summed E-state index contributed by atoms with van der Waals surface area (Å²) in [7, 11) is 3.65. The molecule has 0 aromatic heterocycles. The first kappa shape index (κ1) is 70.9. The minimum atomic E-state index is -2.05. The van der Waals surface area contributed by atoms with Crippen molar-refractivity contribution in [2.24, 2.45) is 16.2 Å². The van der Waals surface area contributed by atoms with Crippen molar-refractivity contribution in [3.63, 3.8) is 0 Å². The van der Waals surface area contributed by atoms with Crippen LogP contribution in [0.4, 0.5) is 0 Å². The Hall–Kier alpha value is 1.38. The van der Waals surface area contributed by atoms with Gasteiger partial charge in [-0.2, -0.15) is 0 Å². The Morgan fingerprint density at radius 1 is 0.375 bits per heavy atom. The monoisotopic (exact) mass is 1130 g/mol. The first-order chi connectivity index (χ1) is 16.6. The third-order valence-electron chi connectivity index (χ3n) is 6.29. The number of carbonyl (C=O) groups excluding carboxylic acids is 12.